The van der Waals surface area contributed by atoms with Gasteiger partial charge in [-0.3, -0.25) is 0 Å². The Labute approximate surface area is 151 Å². The molecule has 0 saturated carbocycles. The predicted octanol–water partition coefficient (Wildman–Crippen LogP) is 6.00. The molecular formula is C21H16ClN3. The standard InChI is InChI=1S/C21H16ClN3/c1-14-7-12-19-18(13-14)20(15-5-3-2-4-6-15)25-21(24-19)23-17-10-8-16(22)9-11-17/h2-13H,1H3,(H,23,24,25). The van der Waals surface area contributed by atoms with Crippen molar-refractivity contribution in [2.24, 2.45) is 0 Å². The van der Waals surface area contributed by atoms with Crippen molar-refractivity contribution in [1.29, 1.82) is 0 Å². The predicted molar refractivity (Wildman–Crippen MR) is 104 cm³/mol. The van der Waals surface area contributed by atoms with Gasteiger partial charge in [0.25, 0.3) is 0 Å². The number of aryl methyl sites for hydroxylation is 1. The maximum atomic E-state index is 5.95. The molecule has 122 valence electrons. The lowest BCUT2D eigenvalue weighted by Crippen LogP contribution is -2.00. The summed E-state index contributed by atoms with van der Waals surface area (Å²) >= 11 is 5.95. The molecule has 0 spiro atoms. The Bertz CT molecular complexity index is 1030. The molecule has 4 heteroatoms. The van der Waals surface area contributed by atoms with Gasteiger partial charge >= 0.3 is 0 Å². The quantitative estimate of drug-likeness (QED) is 0.494. The summed E-state index contributed by atoms with van der Waals surface area (Å²) in [6, 6.07) is 23.9. The van der Waals surface area contributed by atoms with Crippen molar-refractivity contribution in [3.63, 3.8) is 0 Å². The first-order valence-corrected chi connectivity index (χ1v) is 8.43. The number of nitrogens with one attached hydrogen (secondary N) is 1. The molecule has 4 rings (SSSR count). The van der Waals surface area contributed by atoms with E-state index in [4.69, 9.17) is 16.6 Å². The highest BCUT2D eigenvalue weighted by Crippen LogP contribution is 2.29. The van der Waals surface area contributed by atoms with Crippen LogP contribution in [0, 0.1) is 6.92 Å². The first-order valence-electron chi connectivity index (χ1n) is 8.05. The second-order valence-electron chi connectivity index (χ2n) is 5.91. The van der Waals surface area contributed by atoms with Crippen molar-refractivity contribution in [2.45, 2.75) is 6.92 Å². The van der Waals surface area contributed by atoms with Crippen LogP contribution in [0.2, 0.25) is 5.02 Å². The van der Waals surface area contributed by atoms with Crippen LogP contribution in [0.1, 0.15) is 5.56 Å². The first-order chi connectivity index (χ1) is 12.2. The van der Waals surface area contributed by atoms with Crippen molar-refractivity contribution < 1.29 is 0 Å². The SMILES string of the molecule is Cc1ccc2nc(Nc3ccc(Cl)cc3)nc(-c3ccccc3)c2c1. The summed E-state index contributed by atoms with van der Waals surface area (Å²) in [4.78, 5) is 9.44. The van der Waals surface area contributed by atoms with Crippen LogP contribution in [-0.4, -0.2) is 9.97 Å². The second-order valence-corrected chi connectivity index (χ2v) is 6.35. The summed E-state index contributed by atoms with van der Waals surface area (Å²) < 4.78 is 0. The van der Waals surface area contributed by atoms with Crippen LogP contribution < -0.4 is 5.32 Å². The van der Waals surface area contributed by atoms with Gasteiger partial charge in [-0.25, -0.2) is 9.97 Å². The molecule has 0 atom stereocenters. The van der Waals surface area contributed by atoms with E-state index in [-0.39, 0.29) is 0 Å². The number of anilines is 2. The summed E-state index contributed by atoms with van der Waals surface area (Å²) in [6.45, 7) is 2.08. The number of benzene rings is 3. The molecule has 0 aliphatic carbocycles. The summed E-state index contributed by atoms with van der Waals surface area (Å²) in [5.41, 5.74) is 4.99. The van der Waals surface area contributed by atoms with Gasteiger partial charge in [-0.15, -0.1) is 0 Å². The van der Waals surface area contributed by atoms with Gasteiger partial charge in [0.2, 0.25) is 5.95 Å². The molecule has 0 aliphatic rings. The maximum Gasteiger partial charge on any atom is 0.228 e. The van der Waals surface area contributed by atoms with Crippen molar-refractivity contribution in [1.82, 2.24) is 9.97 Å². The fraction of sp³-hybridized carbons (Fsp3) is 0.0476. The molecular weight excluding hydrogens is 330 g/mol. The topological polar surface area (TPSA) is 37.8 Å². The minimum Gasteiger partial charge on any atom is -0.324 e. The second kappa shape index (κ2) is 6.54. The molecule has 0 amide bonds. The molecule has 0 saturated heterocycles. The van der Waals surface area contributed by atoms with E-state index in [1.165, 1.54) is 5.56 Å². The molecule has 3 aromatic carbocycles. The normalized spacial score (nSPS) is 10.8. The number of fused-ring (bicyclic) bond motifs is 1. The Morgan fingerprint density at radius 3 is 2.36 bits per heavy atom. The monoisotopic (exact) mass is 345 g/mol. The van der Waals surface area contributed by atoms with Gasteiger partial charge in [0, 0.05) is 21.7 Å². The van der Waals surface area contributed by atoms with Gasteiger partial charge < -0.3 is 5.32 Å². The largest absolute Gasteiger partial charge is 0.324 e. The molecule has 25 heavy (non-hydrogen) atoms. The van der Waals surface area contributed by atoms with Gasteiger partial charge in [0.15, 0.2) is 0 Å². The average molecular weight is 346 g/mol. The third-order valence-corrected chi connectivity index (χ3v) is 4.25. The maximum absolute atomic E-state index is 5.95. The fourth-order valence-corrected chi connectivity index (χ4v) is 2.90. The van der Waals surface area contributed by atoms with E-state index in [0.29, 0.717) is 11.0 Å². The minimum atomic E-state index is 0.567. The molecule has 1 heterocycles. The lowest BCUT2D eigenvalue weighted by atomic mass is 10.0. The molecule has 1 N–H and O–H groups in total. The molecule has 0 unspecified atom stereocenters. The molecule has 0 fully saturated rings. The summed E-state index contributed by atoms with van der Waals surface area (Å²) in [5, 5.41) is 5.02. The van der Waals surface area contributed by atoms with Crippen LogP contribution >= 0.6 is 11.6 Å². The van der Waals surface area contributed by atoms with Crippen LogP contribution in [0.3, 0.4) is 0 Å². The zero-order chi connectivity index (χ0) is 17.2. The Morgan fingerprint density at radius 2 is 1.60 bits per heavy atom. The molecule has 3 nitrogen and oxygen atoms in total. The molecule has 0 bridgehead atoms. The van der Waals surface area contributed by atoms with Gasteiger partial charge in [0.05, 0.1) is 11.2 Å². The van der Waals surface area contributed by atoms with Crippen molar-refractivity contribution in [3.8, 4) is 11.3 Å². The van der Waals surface area contributed by atoms with E-state index in [1.54, 1.807) is 0 Å². The Kier molecular flexibility index (Phi) is 4.08. The van der Waals surface area contributed by atoms with E-state index in [9.17, 15) is 0 Å². The summed E-state index contributed by atoms with van der Waals surface area (Å²) in [6.07, 6.45) is 0. The molecule has 0 aliphatic heterocycles. The number of hydrogen-bond acceptors (Lipinski definition) is 3. The molecule has 1 aromatic heterocycles. The van der Waals surface area contributed by atoms with E-state index >= 15 is 0 Å². The van der Waals surface area contributed by atoms with E-state index in [2.05, 4.69) is 41.5 Å². The number of halogens is 1. The lowest BCUT2D eigenvalue weighted by molar-refractivity contribution is 1.21. The van der Waals surface area contributed by atoms with Crippen LogP contribution in [0.15, 0.2) is 72.8 Å². The van der Waals surface area contributed by atoms with Crippen molar-refractivity contribution in [2.75, 3.05) is 5.32 Å². The van der Waals surface area contributed by atoms with Gasteiger partial charge in [-0.2, -0.15) is 0 Å². The number of rotatable bonds is 3. The third-order valence-electron chi connectivity index (χ3n) is 4.00. The van der Waals surface area contributed by atoms with E-state index < -0.39 is 0 Å². The summed E-state index contributed by atoms with van der Waals surface area (Å²) in [5.74, 6) is 0.567. The van der Waals surface area contributed by atoms with Crippen LogP contribution in [-0.2, 0) is 0 Å². The van der Waals surface area contributed by atoms with Crippen LogP contribution in [0.25, 0.3) is 22.2 Å². The Balaban J connectivity index is 1.86. The third kappa shape index (κ3) is 3.32. The van der Waals surface area contributed by atoms with Gasteiger partial charge in [-0.05, 0) is 43.3 Å². The van der Waals surface area contributed by atoms with Crippen LogP contribution in [0.5, 0.6) is 0 Å². The summed E-state index contributed by atoms with van der Waals surface area (Å²) in [7, 11) is 0. The smallest absolute Gasteiger partial charge is 0.228 e. The van der Waals surface area contributed by atoms with Gasteiger partial charge in [-0.1, -0.05) is 53.6 Å². The number of aromatic nitrogens is 2. The molecule has 0 radical (unpaired) electrons. The Morgan fingerprint density at radius 1 is 0.840 bits per heavy atom. The van der Waals surface area contributed by atoms with E-state index in [0.717, 1.165) is 27.8 Å². The van der Waals surface area contributed by atoms with E-state index in [1.807, 2.05) is 48.5 Å². The highest BCUT2D eigenvalue weighted by Gasteiger charge is 2.10. The molecule has 4 aromatic rings. The lowest BCUT2D eigenvalue weighted by Gasteiger charge is -2.11. The number of hydrogen-bond donors (Lipinski definition) is 1. The minimum absolute atomic E-state index is 0.567. The number of nitrogens with zero attached hydrogens (tertiary/aromatic N) is 2. The van der Waals surface area contributed by atoms with Crippen molar-refractivity contribution >= 4 is 34.1 Å². The van der Waals surface area contributed by atoms with Crippen LogP contribution in [0.4, 0.5) is 11.6 Å². The van der Waals surface area contributed by atoms with Crippen molar-refractivity contribution in [3.05, 3.63) is 83.4 Å². The average Bonchev–Trinajstić information content (AvgIpc) is 2.64. The highest BCUT2D eigenvalue weighted by atomic mass is 35.5. The zero-order valence-corrected chi connectivity index (χ0v) is 14.5. The fourth-order valence-electron chi connectivity index (χ4n) is 2.78. The first kappa shape index (κ1) is 15.6. The van der Waals surface area contributed by atoms with Gasteiger partial charge in [0.1, 0.15) is 0 Å². The highest BCUT2D eigenvalue weighted by molar-refractivity contribution is 6.30. The Hall–Kier alpha value is -2.91. The zero-order valence-electron chi connectivity index (χ0n) is 13.7.